The van der Waals surface area contributed by atoms with Crippen LogP contribution in [0.2, 0.25) is 0 Å². The van der Waals surface area contributed by atoms with Gasteiger partial charge in [0.15, 0.2) is 0 Å². The second kappa shape index (κ2) is 5.64. The molecule has 1 fully saturated rings. The minimum atomic E-state index is 0.258. The molecule has 1 atom stereocenters. The lowest BCUT2D eigenvalue weighted by atomic mass is 9.96. The molecule has 1 aliphatic carbocycles. The van der Waals surface area contributed by atoms with E-state index in [0.717, 1.165) is 8.90 Å². The van der Waals surface area contributed by atoms with Crippen molar-refractivity contribution in [3.8, 4) is 0 Å². The normalized spacial score (nSPS) is 18.5. The second-order valence-corrected chi connectivity index (χ2v) is 5.68. The molecule has 0 aromatic heterocycles. The molecule has 0 radical (unpaired) electrons. The molecule has 1 aliphatic rings. The predicted molar refractivity (Wildman–Crippen MR) is 74.5 cm³/mol. The third-order valence-corrected chi connectivity index (χ3v) is 4.06. The van der Waals surface area contributed by atoms with Crippen LogP contribution in [0.4, 0.5) is 0 Å². The molecule has 1 aromatic rings. The maximum absolute atomic E-state index is 6.05. The Kier molecular flexibility index (Phi) is 4.46. The van der Waals surface area contributed by atoms with E-state index in [1.807, 2.05) is 0 Å². The van der Waals surface area contributed by atoms with Crippen LogP contribution in [-0.4, -0.2) is 10.5 Å². The number of hydrogen-bond acceptors (Lipinski definition) is 1. The van der Waals surface area contributed by atoms with Crippen molar-refractivity contribution in [2.75, 3.05) is 4.43 Å². The van der Waals surface area contributed by atoms with Crippen LogP contribution >= 0.6 is 38.5 Å². The highest BCUT2D eigenvalue weighted by molar-refractivity contribution is 14.1. The largest absolute Gasteiger partial charge is 0.369 e. The number of benzene rings is 1. The summed E-state index contributed by atoms with van der Waals surface area (Å²) in [5.74, 6) is 0. The number of ether oxygens (including phenoxy) is 1. The number of rotatable bonds is 4. The van der Waals surface area contributed by atoms with Gasteiger partial charge in [0.1, 0.15) is 0 Å². The van der Waals surface area contributed by atoms with Gasteiger partial charge < -0.3 is 4.74 Å². The van der Waals surface area contributed by atoms with E-state index < -0.39 is 0 Å². The van der Waals surface area contributed by atoms with Crippen LogP contribution in [0, 0.1) is 0 Å². The van der Waals surface area contributed by atoms with Gasteiger partial charge in [-0.25, -0.2) is 0 Å². The summed E-state index contributed by atoms with van der Waals surface area (Å²) in [6, 6.07) is 8.43. The van der Waals surface area contributed by atoms with Gasteiger partial charge in [0, 0.05) is 8.90 Å². The van der Waals surface area contributed by atoms with Crippen molar-refractivity contribution in [2.45, 2.75) is 31.5 Å². The highest BCUT2D eigenvalue weighted by atomic mass is 127. The Morgan fingerprint density at radius 2 is 2.27 bits per heavy atom. The van der Waals surface area contributed by atoms with Crippen LogP contribution in [0.3, 0.4) is 0 Å². The monoisotopic (exact) mass is 380 g/mol. The molecule has 1 aromatic carbocycles. The van der Waals surface area contributed by atoms with Gasteiger partial charge in [0.25, 0.3) is 0 Å². The maximum atomic E-state index is 6.05. The molecule has 3 heteroatoms. The van der Waals surface area contributed by atoms with E-state index in [1.165, 1.54) is 24.8 Å². The molecular weight excluding hydrogens is 367 g/mol. The minimum absolute atomic E-state index is 0.258. The molecule has 2 rings (SSSR count). The average molecular weight is 381 g/mol. The van der Waals surface area contributed by atoms with Gasteiger partial charge in [-0.3, -0.25) is 0 Å². The molecule has 1 unspecified atom stereocenters. The van der Waals surface area contributed by atoms with Crippen LogP contribution < -0.4 is 0 Å². The first-order valence-electron chi connectivity index (χ1n) is 5.26. The molecule has 0 N–H and O–H groups in total. The summed E-state index contributed by atoms with van der Waals surface area (Å²) in [5, 5.41) is 0. The Labute approximate surface area is 113 Å². The topological polar surface area (TPSA) is 9.23 Å². The molecule has 0 aliphatic heterocycles. The van der Waals surface area contributed by atoms with Crippen LogP contribution in [0.1, 0.15) is 30.9 Å². The van der Waals surface area contributed by atoms with Gasteiger partial charge in [-0.15, -0.1) is 0 Å². The zero-order valence-corrected chi connectivity index (χ0v) is 12.2. The van der Waals surface area contributed by atoms with Gasteiger partial charge in [-0.05, 0) is 37.0 Å². The third-order valence-electron chi connectivity index (χ3n) is 2.77. The molecule has 0 bridgehead atoms. The van der Waals surface area contributed by atoms with Gasteiger partial charge in [0.05, 0.1) is 12.2 Å². The van der Waals surface area contributed by atoms with E-state index in [2.05, 4.69) is 62.8 Å². The summed E-state index contributed by atoms with van der Waals surface area (Å²) in [5.41, 5.74) is 1.28. The summed E-state index contributed by atoms with van der Waals surface area (Å²) in [7, 11) is 0. The molecule has 0 saturated heterocycles. The van der Waals surface area contributed by atoms with E-state index in [1.54, 1.807) is 0 Å². The summed E-state index contributed by atoms with van der Waals surface area (Å²) in [4.78, 5) is 0. The summed E-state index contributed by atoms with van der Waals surface area (Å²) >= 11 is 5.90. The maximum Gasteiger partial charge on any atom is 0.0918 e. The van der Waals surface area contributed by atoms with Gasteiger partial charge >= 0.3 is 0 Å². The van der Waals surface area contributed by atoms with Gasteiger partial charge in [-0.1, -0.05) is 50.7 Å². The highest BCUT2D eigenvalue weighted by Gasteiger charge is 2.22. The fourth-order valence-corrected chi connectivity index (χ4v) is 2.78. The van der Waals surface area contributed by atoms with Crippen molar-refractivity contribution >= 4 is 38.5 Å². The Morgan fingerprint density at radius 1 is 1.47 bits per heavy atom. The molecule has 0 amide bonds. The van der Waals surface area contributed by atoms with Crippen LogP contribution in [-0.2, 0) is 4.74 Å². The van der Waals surface area contributed by atoms with E-state index in [-0.39, 0.29) is 6.10 Å². The lowest BCUT2D eigenvalue weighted by Gasteiger charge is -2.30. The highest BCUT2D eigenvalue weighted by Crippen LogP contribution is 2.30. The molecule has 0 spiro atoms. The average Bonchev–Trinajstić information content (AvgIpc) is 2.16. The van der Waals surface area contributed by atoms with Crippen molar-refractivity contribution in [1.82, 2.24) is 0 Å². The Balaban J connectivity index is 2.04. The van der Waals surface area contributed by atoms with Crippen LogP contribution in [0.15, 0.2) is 28.7 Å². The summed E-state index contributed by atoms with van der Waals surface area (Å²) < 4.78 is 8.20. The lowest BCUT2D eigenvalue weighted by molar-refractivity contribution is -0.0411. The first-order chi connectivity index (χ1) is 7.29. The predicted octanol–water partition coefficient (Wildman–Crippen LogP) is 4.49. The molecule has 15 heavy (non-hydrogen) atoms. The Morgan fingerprint density at radius 3 is 2.80 bits per heavy atom. The van der Waals surface area contributed by atoms with Crippen molar-refractivity contribution < 1.29 is 4.74 Å². The van der Waals surface area contributed by atoms with Crippen molar-refractivity contribution in [3.63, 3.8) is 0 Å². The first-order valence-corrected chi connectivity index (χ1v) is 7.58. The van der Waals surface area contributed by atoms with Crippen molar-refractivity contribution in [3.05, 3.63) is 34.3 Å². The smallest absolute Gasteiger partial charge is 0.0918 e. The van der Waals surface area contributed by atoms with Crippen molar-refractivity contribution in [1.29, 1.82) is 0 Å². The quantitative estimate of drug-likeness (QED) is 0.552. The summed E-state index contributed by atoms with van der Waals surface area (Å²) in [6.45, 7) is 0. The Hall–Kier alpha value is 0.390. The van der Waals surface area contributed by atoms with Gasteiger partial charge in [-0.2, -0.15) is 0 Å². The lowest BCUT2D eigenvalue weighted by Crippen LogP contribution is -2.24. The molecule has 1 saturated carbocycles. The van der Waals surface area contributed by atoms with Crippen LogP contribution in [0.25, 0.3) is 0 Å². The van der Waals surface area contributed by atoms with Gasteiger partial charge in [0.2, 0.25) is 0 Å². The van der Waals surface area contributed by atoms with E-state index in [9.17, 15) is 0 Å². The molecular formula is C12H14BrIO. The van der Waals surface area contributed by atoms with E-state index in [0.29, 0.717) is 6.10 Å². The van der Waals surface area contributed by atoms with Crippen LogP contribution in [0.5, 0.6) is 0 Å². The summed E-state index contributed by atoms with van der Waals surface area (Å²) in [6.07, 6.45) is 4.57. The van der Waals surface area contributed by atoms with E-state index >= 15 is 0 Å². The molecule has 82 valence electrons. The molecule has 1 nitrogen and oxygen atoms in total. The fraction of sp³-hybridized carbons (Fsp3) is 0.500. The standard InChI is InChI=1S/C12H14BrIO/c13-10-4-1-3-9(7-10)12(8-14)15-11-5-2-6-11/h1,3-4,7,11-12H,2,5-6,8H2. The van der Waals surface area contributed by atoms with E-state index in [4.69, 9.17) is 4.74 Å². The zero-order valence-electron chi connectivity index (χ0n) is 8.46. The molecule has 0 heterocycles. The Bertz CT molecular complexity index is 325. The van der Waals surface area contributed by atoms with Crippen molar-refractivity contribution in [2.24, 2.45) is 0 Å². The third kappa shape index (κ3) is 3.17. The second-order valence-electron chi connectivity index (χ2n) is 3.89. The number of halogens is 2. The zero-order chi connectivity index (χ0) is 10.7. The minimum Gasteiger partial charge on any atom is -0.369 e. The fourth-order valence-electron chi connectivity index (χ4n) is 1.65. The first kappa shape index (κ1) is 11.9. The SMILES string of the molecule is Brc1cccc(C(CI)OC2CCC2)c1. The number of hydrogen-bond donors (Lipinski definition) is 0. The number of alkyl halides is 1.